The van der Waals surface area contributed by atoms with Crippen molar-refractivity contribution in [3.05, 3.63) is 22.9 Å². The molecule has 0 aliphatic heterocycles. The van der Waals surface area contributed by atoms with Gasteiger partial charge in [0.1, 0.15) is 4.90 Å². The predicted molar refractivity (Wildman–Crippen MR) is 65.2 cm³/mol. The Bertz CT molecular complexity index is 494. The SMILES string of the molecule is C#CCCCNS(=O)(=O)c1cncc(Br)c1. The van der Waals surface area contributed by atoms with E-state index in [0.29, 0.717) is 23.9 Å². The Hall–Kier alpha value is -0.900. The summed E-state index contributed by atoms with van der Waals surface area (Å²) in [5, 5.41) is 0. The minimum Gasteiger partial charge on any atom is -0.262 e. The van der Waals surface area contributed by atoms with Gasteiger partial charge in [-0.2, -0.15) is 0 Å². The summed E-state index contributed by atoms with van der Waals surface area (Å²) < 4.78 is 26.5. The Morgan fingerprint density at radius 1 is 1.50 bits per heavy atom. The van der Waals surface area contributed by atoms with Gasteiger partial charge in [0.05, 0.1) is 0 Å². The van der Waals surface area contributed by atoms with E-state index in [0.717, 1.165) is 0 Å². The quantitative estimate of drug-likeness (QED) is 0.663. The average molecular weight is 303 g/mol. The number of aromatic nitrogens is 1. The first-order valence-electron chi connectivity index (χ1n) is 4.60. The Balaban J connectivity index is 2.68. The summed E-state index contributed by atoms with van der Waals surface area (Å²) in [6.07, 6.45) is 9.07. The molecule has 1 aromatic heterocycles. The molecule has 1 rings (SSSR count). The van der Waals surface area contributed by atoms with Gasteiger partial charge in [-0.15, -0.1) is 12.3 Å². The van der Waals surface area contributed by atoms with E-state index in [1.165, 1.54) is 18.5 Å². The fourth-order valence-electron chi connectivity index (χ4n) is 1.02. The van der Waals surface area contributed by atoms with Crippen LogP contribution in [-0.2, 0) is 10.0 Å². The molecule has 16 heavy (non-hydrogen) atoms. The first kappa shape index (κ1) is 13.2. The number of hydrogen-bond acceptors (Lipinski definition) is 3. The Morgan fingerprint density at radius 2 is 2.25 bits per heavy atom. The molecular formula is C10H11BrN2O2S. The zero-order valence-corrected chi connectivity index (χ0v) is 10.9. The normalized spacial score (nSPS) is 11.0. The maximum Gasteiger partial charge on any atom is 0.242 e. The van der Waals surface area contributed by atoms with Crippen molar-refractivity contribution < 1.29 is 8.42 Å². The Morgan fingerprint density at radius 3 is 2.88 bits per heavy atom. The van der Waals surface area contributed by atoms with Crippen LogP contribution >= 0.6 is 15.9 Å². The number of rotatable bonds is 5. The molecule has 0 aliphatic rings. The number of pyridine rings is 1. The van der Waals surface area contributed by atoms with Gasteiger partial charge in [-0.05, 0) is 28.4 Å². The molecule has 0 bridgehead atoms. The molecule has 0 saturated carbocycles. The van der Waals surface area contributed by atoms with Crippen molar-refractivity contribution in [3.8, 4) is 12.3 Å². The highest BCUT2D eigenvalue weighted by molar-refractivity contribution is 9.10. The van der Waals surface area contributed by atoms with E-state index in [-0.39, 0.29) is 4.90 Å². The third-order valence-electron chi connectivity index (χ3n) is 1.78. The molecular weight excluding hydrogens is 292 g/mol. The first-order valence-corrected chi connectivity index (χ1v) is 6.87. The van der Waals surface area contributed by atoms with Gasteiger partial charge in [0.15, 0.2) is 0 Å². The molecule has 1 N–H and O–H groups in total. The number of halogens is 1. The van der Waals surface area contributed by atoms with E-state index in [2.05, 4.69) is 31.6 Å². The third kappa shape index (κ3) is 3.93. The van der Waals surface area contributed by atoms with Crippen molar-refractivity contribution in [2.45, 2.75) is 17.7 Å². The predicted octanol–water partition coefficient (Wildman–Crippen LogP) is 1.54. The van der Waals surface area contributed by atoms with Gasteiger partial charge in [-0.1, -0.05) is 0 Å². The Kier molecular flexibility index (Phi) is 4.93. The number of terminal acetylenes is 1. The summed E-state index contributed by atoms with van der Waals surface area (Å²) >= 11 is 3.17. The summed E-state index contributed by atoms with van der Waals surface area (Å²) in [6, 6.07) is 1.50. The van der Waals surface area contributed by atoms with Crippen LogP contribution in [0.4, 0.5) is 0 Å². The number of nitrogens with one attached hydrogen (secondary N) is 1. The molecule has 0 unspecified atom stereocenters. The molecule has 86 valence electrons. The lowest BCUT2D eigenvalue weighted by Crippen LogP contribution is -2.24. The number of sulfonamides is 1. The molecule has 0 fully saturated rings. The molecule has 0 aliphatic carbocycles. The fraction of sp³-hybridized carbons (Fsp3) is 0.300. The third-order valence-corrected chi connectivity index (χ3v) is 3.64. The van der Waals surface area contributed by atoms with Crippen LogP contribution < -0.4 is 4.72 Å². The minimum atomic E-state index is -3.47. The lowest BCUT2D eigenvalue weighted by atomic mass is 10.3. The minimum absolute atomic E-state index is 0.141. The molecule has 0 saturated heterocycles. The van der Waals surface area contributed by atoms with Crippen LogP contribution in [0.3, 0.4) is 0 Å². The molecule has 0 spiro atoms. The van der Waals surface area contributed by atoms with Crippen LogP contribution in [0.1, 0.15) is 12.8 Å². The van der Waals surface area contributed by atoms with Gasteiger partial charge in [0.25, 0.3) is 0 Å². The Labute approximate surface area is 104 Å². The topological polar surface area (TPSA) is 59.1 Å². The largest absolute Gasteiger partial charge is 0.262 e. The highest BCUT2D eigenvalue weighted by Gasteiger charge is 2.13. The maximum absolute atomic E-state index is 11.7. The van der Waals surface area contributed by atoms with Crippen molar-refractivity contribution in [3.63, 3.8) is 0 Å². The second-order valence-corrected chi connectivity index (χ2v) is 5.73. The maximum atomic E-state index is 11.7. The molecule has 4 nitrogen and oxygen atoms in total. The second-order valence-electron chi connectivity index (χ2n) is 3.04. The molecule has 1 heterocycles. The van der Waals surface area contributed by atoms with Crippen molar-refractivity contribution in [2.24, 2.45) is 0 Å². The summed E-state index contributed by atoms with van der Waals surface area (Å²) in [6.45, 7) is 0.332. The molecule has 0 radical (unpaired) electrons. The van der Waals surface area contributed by atoms with Gasteiger partial charge in [0, 0.05) is 29.8 Å². The van der Waals surface area contributed by atoms with Crippen LogP contribution in [0.25, 0.3) is 0 Å². The van der Waals surface area contributed by atoms with Crippen LogP contribution in [0.5, 0.6) is 0 Å². The molecule has 0 aromatic carbocycles. The first-order chi connectivity index (χ1) is 7.56. The standard InChI is InChI=1S/C10H11BrN2O2S/c1-2-3-4-5-13-16(14,15)10-6-9(11)7-12-8-10/h1,6-8,13H,3-5H2. The van der Waals surface area contributed by atoms with E-state index in [9.17, 15) is 8.42 Å². The van der Waals surface area contributed by atoms with Crippen molar-refractivity contribution >= 4 is 26.0 Å². The molecule has 0 amide bonds. The molecule has 6 heteroatoms. The van der Waals surface area contributed by atoms with E-state index in [1.807, 2.05) is 0 Å². The number of hydrogen-bond donors (Lipinski definition) is 1. The second kappa shape index (κ2) is 5.99. The number of nitrogens with zero attached hydrogens (tertiary/aromatic N) is 1. The summed E-state index contributed by atoms with van der Waals surface area (Å²) in [5.41, 5.74) is 0. The highest BCUT2D eigenvalue weighted by Crippen LogP contribution is 2.13. The molecule has 1 aromatic rings. The zero-order chi connectivity index (χ0) is 12.0. The number of unbranched alkanes of at least 4 members (excludes halogenated alkanes) is 1. The molecule has 0 atom stereocenters. The lowest BCUT2D eigenvalue weighted by molar-refractivity contribution is 0.579. The monoisotopic (exact) mass is 302 g/mol. The van der Waals surface area contributed by atoms with E-state index in [4.69, 9.17) is 6.42 Å². The van der Waals surface area contributed by atoms with Crippen LogP contribution in [-0.4, -0.2) is 19.9 Å². The van der Waals surface area contributed by atoms with E-state index >= 15 is 0 Å². The summed E-state index contributed by atoms with van der Waals surface area (Å²) in [5.74, 6) is 2.45. The van der Waals surface area contributed by atoms with Crippen molar-refractivity contribution in [1.29, 1.82) is 0 Å². The smallest absolute Gasteiger partial charge is 0.242 e. The summed E-state index contributed by atoms with van der Waals surface area (Å²) in [4.78, 5) is 3.94. The van der Waals surface area contributed by atoms with Crippen LogP contribution in [0.2, 0.25) is 0 Å². The van der Waals surface area contributed by atoms with Gasteiger partial charge >= 0.3 is 0 Å². The van der Waals surface area contributed by atoms with Gasteiger partial charge < -0.3 is 0 Å². The van der Waals surface area contributed by atoms with Crippen LogP contribution in [0.15, 0.2) is 27.8 Å². The van der Waals surface area contributed by atoms with Gasteiger partial charge in [-0.3, -0.25) is 4.98 Å². The summed E-state index contributed by atoms with van der Waals surface area (Å²) in [7, 11) is -3.47. The van der Waals surface area contributed by atoms with Crippen molar-refractivity contribution in [1.82, 2.24) is 9.71 Å². The van der Waals surface area contributed by atoms with Crippen molar-refractivity contribution in [2.75, 3.05) is 6.54 Å². The van der Waals surface area contributed by atoms with Gasteiger partial charge in [0.2, 0.25) is 10.0 Å². The zero-order valence-electron chi connectivity index (χ0n) is 8.48. The highest BCUT2D eigenvalue weighted by atomic mass is 79.9. The average Bonchev–Trinajstić information content (AvgIpc) is 2.24. The fourth-order valence-corrected chi connectivity index (χ4v) is 2.60. The van der Waals surface area contributed by atoms with Crippen LogP contribution in [0, 0.1) is 12.3 Å². The van der Waals surface area contributed by atoms with E-state index < -0.39 is 10.0 Å². The van der Waals surface area contributed by atoms with Gasteiger partial charge in [-0.25, -0.2) is 13.1 Å². The van der Waals surface area contributed by atoms with E-state index in [1.54, 1.807) is 0 Å². The lowest BCUT2D eigenvalue weighted by Gasteiger charge is -2.05.